The fourth-order valence-electron chi connectivity index (χ4n) is 1.42. The van der Waals surface area contributed by atoms with E-state index in [0.717, 1.165) is 11.1 Å². The predicted molar refractivity (Wildman–Crippen MR) is 64.1 cm³/mol. The summed E-state index contributed by atoms with van der Waals surface area (Å²) >= 11 is 3.31. The van der Waals surface area contributed by atoms with Crippen molar-refractivity contribution in [2.75, 3.05) is 6.61 Å². The van der Waals surface area contributed by atoms with E-state index in [9.17, 15) is 4.79 Å². The minimum atomic E-state index is -0.300. The van der Waals surface area contributed by atoms with Gasteiger partial charge < -0.3 is 4.74 Å². The number of alkyl halides is 1. The molecule has 0 aromatic heterocycles. The lowest BCUT2D eigenvalue weighted by Gasteiger charge is -2.06. The monoisotopic (exact) mass is 281 g/mol. The number of esters is 1. The summed E-state index contributed by atoms with van der Waals surface area (Å²) in [5.41, 5.74) is 2.18. The van der Waals surface area contributed by atoms with Gasteiger partial charge in [-0.15, -0.1) is 0 Å². The van der Waals surface area contributed by atoms with Crippen LogP contribution in [0.5, 0.6) is 0 Å². The summed E-state index contributed by atoms with van der Waals surface area (Å²) < 4.78 is 4.86. The van der Waals surface area contributed by atoms with Gasteiger partial charge in [0.15, 0.2) is 0 Å². The molecule has 0 aliphatic carbocycles. The lowest BCUT2D eigenvalue weighted by Crippen LogP contribution is -2.09. The minimum Gasteiger partial charge on any atom is -0.466 e. The van der Waals surface area contributed by atoms with E-state index in [2.05, 4.69) is 22.0 Å². The van der Waals surface area contributed by atoms with E-state index in [0.29, 0.717) is 17.5 Å². The Bertz CT molecular complexity index is 424. The van der Waals surface area contributed by atoms with Gasteiger partial charge in [0.2, 0.25) is 0 Å². The van der Waals surface area contributed by atoms with Crippen molar-refractivity contribution in [3.05, 3.63) is 34.9 Å². The number of rotatable bonds is 4. The van der Waals surface area contributed by atoms with E-state index in [1.165, 1.54) is 0 Å². The van der Waals surface area contributed by atoms with Gasteiger partial charge in [-0.1, -0.05) is 34.1 Å². The molecule has 1 rings (SSSR count). The van der Waals surface area contributed by atoms with Gasteiger partial charge in [-0.05, 0) is 18.1 Å². The maximum Gasteiger partial charge on any atom is 0.310 e. The van der Waals surface area contributed by atoms with Crippen molar-refractivity contribution in [2.24, 2.45) is 0 Å². The molecule has 0 bridgehead atoms. The smallest absolute Gasteiger partial charge is 0.310 e. The molecule has 0 heterocycles. The molecule has 0 spiro atoms. The largest absolute Gasteiger partial charge is 0.466 e. The summed E-state index contributed by atoms with van der Waals surface area (Å²) in [6.45, 7) is 2.12. The third kappa shape index (κ3) is 3.07. The van der Waals surface area contributed by atoms with Gasteiger partial charge in [0, 0.05) is 5.33 Å². The van der Waals surface area contributed by atoms with E-state index in [1.807, 2.05) is 12.1 Å². The van der Waals surface area contributed by atoms with Crippen LogP contribution in [-0.4, -0.2) is 12.6 Å². The number of nitrogens with zero attached hydrogens (tertiary/aromatic N) is 1. The van der Waals surface area contributed by atoms with E-state index in [4.69, 9.17) is 10.00 Å². The summed E-state index contributed by atoms with van der Waals surface area (Å²) in [5.74, 6) is -0.300. The summed E-state index contributed by atoms with van der Waals surface area (Å²) in [5, 5.41) is 9.65. The SMILES string of the molecule is CCOC(=O)Cc1cccc(CBr)c1C#N. The van der Waals surface area contributed by atoms with Crippen molar-refractivity contribution in [1.29, 1.82) is 5.26 Å². The molecule has 1 aromatic carbocycles. The normalized spacial score (nSPS) is 9.56. The Labute approximate surface area is 103 Å². The van der Waals surface area contributed by atoms with Gasteiger partial charge >= 0.3 is 5.97 Å². The zero-order chi connectivity index (χ0) is 12.0. The number of halogens is 1. The van der Waals surface area contributed by atoms with Crippen LogP contribution in [0.2, 0.25) is 0 Å². The average molecular weight is 282 g/mol. The van der Waals surface area contributed by atoms with Crippen LogP contribution < -0.4 is 0 Å². The number of ether oxygens (including phenoxy) is 1. The zero-order valence-electron chi connectivity index (χ0n) is 9.00. The molecule has 0 aliphatic heterocycles. The first-order chi connectivity index (χ1) is 7.72. The number of nitriles is 1. The highest BCUT2D eigenvalue weighted by molar-refractivity contribution is 9.08. The fourth-order valence-corrected chi connectivity index (χ4v) is 1.89. The molecule has 0 atom stereocenters. The standard InChI is InChI=1S/C12H12BrNO2/c1-2-16-12(15)6-9-4-3-5-10(7-13)11(9)8-14/h3-5H,2,6-7H2,1H3. The highest BCUT2D eigenvalue weighted by atomic mass is 79.9. The maximum absolute atomic E-state index is 11.3. The summed E-state index contributed by atoms with van der Waals surface area (Å²) in [6, 6.07) is 7.61. The molecule has 84 valence electrons. The van der Waals surface area contributed by atoms with Gasteiger partial charge in [0.05, 0.1) is 24.7 Å². The number of carbonyl (C=O) groups is 1. The van der Waals surface area contributed by atoms with Crippen LogP contribution in [0.25, 0.3) is 0 Å². The molecule has 0 aliphatic rings. The molecule has 0 amide bonds. The Kier molecular flexibility index (Phi) is 5.00. The van der Waals surface area contributed by atoms with Crippen LogP contribution in [0.15, 0.2) is 18.2 Å². The minimum absolute atomic E-state index is 0.150. The van der Waals surface area contributed by atoms with E-state index < -0.39 is 0 Å². The van der Waals surface area contributed by atoms with Crippen molar-refractivity contribution >= 4 is 21.9 Å². The van der Waals surface area contributed by atoms with Crippen molar-refractivity contribution in [3.63, 3.8) is 0 Å². The van der Waals surface area contributed by atoms with Crippen LogP contribution in [0.3, 0.4) is 0 Å². The summed E-state index contributed by atoms with van der Waals surface area (Å²) in [7, 11) is 0. The third-order valence-corrected chi connectivity index (χ3v) is 2.74. The first kappa shape index (κ1) is 12.7. The fraction of sp³-hybridized carbons (Fsp3) is 0.333. The lowest BCUT2D eigenvalue weighted by molar-refractivity contribution is -0.142. The Morgan fingerprint density at radius 1 is 1.50 bits per heavy atom. The first-order valence-electron chi connectivity index (χ1n) is 4.95. The van der Waals surface area contributed by atoms with E-state index in [1.54, 1.807) is 13.0 Å². The van der Waals surface area contributed by atoms with Gasteiger partial charge in [-0.2, -0.15) is 5.26 Å². The van der Waals surface area contributed by atoms with E-state index in [-0.39, 0.29) is 12.4 Å². The van der Waals surface area contributed by atoms with Crippen LogP contribution >= 0.6 is 15.9 Å². The molecule has 0 radical (unpaired) electrons. The molecule has 0 fully saturated rings. The van der Waals surface area contributed by atoms with E-state index >= 15 is 0 Å². The van der Waals surface area contributed by atoms with Gasteiger partial charge in [0.1, 0.15) is 0 Å². The van der Waals surface area contributed by atoms with Crippen molar-refractivity contribution < 1.29 is 9.53 Å². The third-order valence-electron chi connectivity index (χ3n) is 2.13. The van der Waals surface area contributed by atoms with Crippen LogP contribution in [0.4, 0.5) is 0 Å². The zero-order valence-corrected chi connectivity index (χ0v) is 10.6. The predicted octanol–water partition coefficient (Wildman–Crippen LogP) is 2.56. The quantitative estimate of drug-likeness (QED) is 0.630. The average Bonchev–Trinajstić information content (AvgIpc) is 2.29. The van der Waals surface area contributed by atoms with Crippen molar-refractivity contribution in [2.45, 2.75) is 18.7 Å². The second-order valence-electron chi connectivity index (χ2n) is 3.18. The van der Waals surface area contributed by atoms with Crippen LogP contribution in [-0.2, 0) is 21.3 Å². The molecule has 0 saturated carbocycles. The molecule has 0 saturated heterocycles. The Balaban J connectivity index is 2.96. The topological polar surface area (TPSA) is 50.1 Å². The molecular weight excluding hydrogens is 270 g/mol. The molecule has 3 nitrogen and oxygen atoms in total. The molecule has 0 unspecified atom stereocenters. The number of benzene rings is 1. The van der Waals surface area contributed by atoms with Gasteiger partial charge in [0.25, 0.3) is 0 Å². The Hall–Kier alpha value is -1.34. The molecule has 4 heteroatoms. The van der Waals surface area contributed by atoms with Gasteiger partial charge in [-0.25, -0.2) is 0 Å². The van der Waals surface area contributed by atoms with Gasteiger partial charge in [-0.3, -0.25) is 4.79 Å². The first-order valence-corrected chi connectivity index (χ1v) is 6.07. The molecule has 0 N–H and O–H groups in total. The lowest BCUT2D eigenvalue weighted by atomic mass is 10.0. The summed E-state index contributed by atoms with van der Waals surface area (Å²) in [6.07, 6.45) is 0.150. The highest BCUT2D eigenvalue weighted by Crippen LogP contribution is 2.17. The highest BCUT2D eigenvalue weighted by Gasteiger charge is 2.11. The second-order valence-corrected chi connectivity index (χ2v) is 3.74. The Morgan fingerprint density at radius 3 is 2.75 bits per heavy atom. The van der Waals surface area contributed by atoms with Crippen LogP contribution in [0.1, 0.15) is 23.6 Å². The van der Waals surface area contributed by atoms with Crippen molar-refractivity contribution in [1.82, 2.24) is 0 Å². The summed E-state index contributed by atoms with van der Waals surface area (Å²) in [4.78, 5) is 11.3. The number of hydrogen-bond acceptors (Lipinski definition) is 3. The second kappa shape index (κ2) is 6.29. The maximum atomic E-state index is 11.3. The molecule has 16 heavy (non-hydrogen) atoms. The van der Waals surface area contributed by atoms with Crippen LogP contribution in [0, 0.1) is 11.3 Å². The Morgan fingerprint density at radius 2 is 2.19 bits per heavy atom. The number of carbonyl (C=O) groups excluding carboxylic acids is 1. The molecule has 1 aromatic rings. The molecular formula is C12H12BrNO2. The van der Waals surface area contributed by atoms with Crippen molar-refractivity contribution in [3.8, 4) is 6.07 Å². The number of hydrogen-bond donors (Lipinski definition) is 0.